The van der Waals surface area contributed by atoms with Gasteiger partial charge < -0.3 is 14.7 Å². The molecular weight excluding hydrogens is 264 g/mol. The van der Waals surface area contributed by atoms with Crippen molar-refractivity contribution in [3.8, 4) is 5.75 Å². The van der Waals surface area contributed by atoms with Gasteiger partial charge in [-0.25, -0.2) is 0 Å². The third kappa shape index (κ3) is 5.65. The van der Waals surface area contributed by atoms with Crippen molar-refractivity contribution >= 4 is 0 Å². The van der Waals surface area contributed by atoms with Crippen LogP contribution >= 0.6 is 0 Å². The number of benzene rings is 1. The van der Waals surface area contributed by atoms with E-state index in [2.05, 4.69) is 35.9 Å². The first-order valence-corrected chi connectivity index (χ1v) is 7.98. The minimum Gasteiger partial charge on any atom is -0.491 e. The van der Waals surface area contributed by atoms with Gasteiger partial charge in [-0.05, 0) is 31.2 Å². The number of rotatable bonds is 7. The molecule has 0 aromatic heterocycles. The molecule has 1 aromatic rings. The highest BCUT2D eigenvalue weighted by Crippen LogP contribution is 2.13. The number of ether oxygens (including phenoxy) is 1. The van der Waals surface area contributed by atoms with Gasteiger partial charge in [-0.15, -0.1) is 0 Å². The topological polar surface area (TPSA) is 35.9 Å². The van der Waals surface area contributed by atoms with Gasteiger partial charge in [0.2, 0.25) is 0 Å². The largest absolute Gasteiger partial charge is 0.491 e. The molecule has 0 spiro atoms. The Hall–Kier alpha value is -1.10. The molecule has 1 aliphatic heterocycles. The molecule has 0 radical (unpaired) electrons. The summed E-state index contributed by atoms with van der Waals surface area (Å²) in [4.78, 5) is 4.62. The molecule has 118 valence electrons. The van der Waals surface area contributed by atoms with Crippen molar-refractivity contribution in [1.29, 1.82) is 0 Å². The Kier molecular flexibility index (Phi) is 6.49. The summed E-state index contributed by atoms with van der Waals surface area (Å²) in [6, 6.07) is 8.19. The zero-order valence-corrected chi connectivity index (χ0v) is 13.3. The summed E-state index contributed by atoms with van der Waals surface area (Å²) in [6.07, 6.45) is 1.83. The number of β-amino-alcohol motifs (C(OH)–C–C–N with tert-alkyl or cyclic N) is 1. The van der Waals surface area contributed by atoms with E-state index in [1.807, 2.05) is 12.1 Å². The van der Waals surface area contributed by atoms with Crippen LogP contribution in [0.4, 0.5) is 0 Å². The molecule has 1 aliphatic rings. The summed E-state index contributed by atoms with van der Waals surface area (Å²) < 4.78 is 5.68. The van der Waals surface area contributed by atoms with Crippen LogP contribution in [0.15, 0.2) is 24.3 Å². The lowest BCUT2D eigenvalue weighted by molar-refractivity contribution is 0.0505. The maximum Gasteiger partial charge on any atom is 0.119 e. The zero-order chi connectivity index (χ0) is 15.1. The van der Waals surface area contributed by atoms with Gasteiger partial charge in [-0.2, -0.15) is 0 Å². The van der Waals surface area contributed by atoms with Crippen LogP contribution in [0.1, 0.15) is 18.9 Å². The van der Waals surface area contributed by atoms with Crippen molar-refractivity contribution in [3.63, 3.8) is 0 Å². The minimum absolute atomic E-state index is 0.361. The quantitative estimate of drug-likeness (QED) is 0.828. The number of nitrogens with zero attached hydrogens (tertiary/aromatic N) is 2. The van der Waals surface area contributed by atoms with E-state index in [1.54, 1.807) is 0 Å². The van der Waals surface area contributed by atoms with Gasteiger partial charge in [0.25, 0.3) is 0 Å². The number of likely N-dealkylation sites (N-methyl/N-ethyl adjacent to an activating group) is 1. The van der Waals surface area contributed by atoms with Gasteiger partial charge >= 0.3 is 0 Å². The lowest BCUT2D eigenvalue weighted by Gasteiger charge is -2.33. The van der Waals surface area contributed by atoms with E-state index in [-0.39, 0.29) is 0 Å². The molecule has 0 aliphatic carbocycles. The van der Waals surface area contributed by atoms with Gasteiger partial charge in [0, 0.05) is 32.7 Å². The van der Waals surface area contributed by atoms with E-state index in [0.29, 0.717) is 13.2 Å². The lowest BCUT2D eigenvalue weighted by atomic mass is 10.1. The van der Waals surface area contributed by atoms with Gasteiger partial charge in [0.05, 0.1) is 0 Å². The standard InChI is InChI=1S/C17H28N2O2/c1-3-4-15-5-7-17(8-6-15)21-14-16(20)13-19-11-9-18(2)10-12-19/h5-8,16,20H,3-4,9-14H2,1-2H3. The molecule has 2 rings (SSSR count). The molecule has 1 N–H and O–H groups in total. The highest BCUT2D eigenvalue weighted by atomic mass is 16.5. The third-order valence-corrected chi connectivity index (χ3v) is 3.97. The highest BCUT2D eigenvalue weighted by Gasteiger charge is 2.17. The number of aliphatic hydroxyl groups is 1. The first-order valence-electron chi connectivity index (χ1n) is 7.98. The maximum absolute atomic E-state index is 10.1. The van der Waals surface area contributed by atoms with Gasteiger partial charge in [-0.1, -0.05) is 25.5 Å². The van der Waals surface area contributed by atoms with Crippen LogP contribution in [0.5, 0.6) is 5.75 Å². The van der Waals surface area contributed by atoms with Crippen molar-refractivity contribution in [3.05, 3.63) is 29.8 Å². The van der Waals surface area contributed by atoms with E-state index in [1.165, 1.54) is 5.56 Å². The number of piperazine rings is 1. The molecule has 0 saturated carbocycles. The van der Waals surface area contributed by atoms with Crippen LogP contribution in [0, 0.1) is 0 Å². The van der Waals surface area contributed by atoms with Crippen molar-refractivity contribution < 1.29 is 9.84 Å². The van der Waals surface area contributed by atoms with Crippen LogP contribution in [-0.2, 0) is 6.42 Å². The Balaban J connectivity index is 1.69. The average Bonchev–Trinajstić information content (AvgIpc) is 2.49. The molecular formula is C17H28N2O2. The zero-order valence-electron chi connectivity index (χ0n) is 13.3. The monoisotopic (exact) mass is 292 g/mol. The molecule has 1 heterocycles. The Morgan fingerprint density at radius 2 is 1.81 bits per heavy atom. The van der Waals surface area contributed by atoms with Crippen LogP contribution in [0.25, 0.3) is 0 Å². The van der Waals surface area contributed by atoms with Crippen molar-refractivity contribution in [1.82, 2.24) is 9.80 Å². The Bertz CT molecular complexity index is 400. The van der Waals surface area contributed by atoms with E-state index < -0.39 is 6.10 Å². The first kappa shape index (κ1) is 16.3. The fourth-order valence-corrected chi connectivity index (χ4v) is 2.61. The second kappa shape index (κ2) is 8.37. The van der Waals surface area contributed by atoms with E-state index in [4.69, 9.17) is 4.74 Å². The van der Waals surface area contributed by atoms with Crippen molar-refractivity contribution in [2.75, 3.05) is 46.4 Å². The lowest BCUT2D eigenvalue weighted by Crippen LogP contribution is -2.47. The van der Waals surface area contributed by atoms with Gasteiger partial charge in [-0.3, -0.25) is 4.90 Å². The molecule has 1 fully saturated rings. The number of hydrogen-bond acceptors (Lipinski definition) is 4. The average molecular weight is 292 g/mol. The summed E-state index contributed by atoms with van der Waals surface area (Å²) in [5.74, 6) is 0.840. The molecule has 1 atom stereocenters. The predicted molar refractivity (Wildman–Crippen MR) is 85.9 cm³/mol. The summed E-state index contributed by atoms with van der Waals surface area (Å²) in [5, 5.41) is 10.1. The van der Waals surface area contributed by atoms with Crippen LogP contribution in [0.2, 0.25) is 0 Å². The molecule has 4 nitrogen and oxygen atoms in total. The normalized spacial score (nSPS) is 18.6. The second-order valence-electron chi connectivity index (χ2n) is 5.96. The summed E-state index contributed by atoms with van der Waals surface area (Å²) in [7, 11) is 2.14. The van der Waals surface area contributed by atoms with Gasteiger partial charge in [0.15, 0.2) is 0 Å². The summed E-state index contributed by atoms with van der Waals surface area (Å²) >= 11 is 0. The van der Waals surface area contributed by atoms with Crippen molar-refractivity contribution in [2.45, 2.75) is 25.9 Å². The third-order valence-electron chi connectivity index (χ3n) is 3.97. The number of hydrogen-bond donors (Lipinski definition) is 1. The van der Waals surface area contributed by atoms with E-state index in [0.717, 1.165) is 44.8 Å². The molecule has 1 saturated heterocycles. The molecule has 0 bridgehead atoms. The van der Waals surface area contributed by atoms with E-state index in [9.17, 15) is 5.11 Å². The molecule has 1 unspecified atom stereocenters. The Morgan fingerprint density at radius 1 is 1.14 bits per heavy atom. The smallest absolute Gasteiger partial charge is 0.119 e. The van der Waals surface area contributed by atoms with Crippen molar-refractivity contribution in [2.24, 2.45) is 0 Å². The fraction of sp³-hybridized carbons (Fsp3) is 0.647. The first-order chi connectivity index (χ1) is 10.2. The second-order valence-corrected chi connectivity index (χ2v) is 5.96. The van der Waals surface area contributed by atoms with Gasteiger partial charge in [0.1, 0.15) is 18.5 Å². The highest BCUT2D eigenvalue weighted by molar-refractivity contribution is 5.27. The maximum atomic E-state index is 10.1. The fourth-order valence-electron chi connectivity index (χ4n) is 2.61. The van der Waals surface area contributed by atoms with E-state index >= 15 is 0 Å². The Morgan fingerprint density at radius 3 is 2.43 bits per heavy atom. The minimum atomic E-state index is -0.427. The summed E-state index contributed by atoms with van der Waals surface area (Å²) in [6.45, 7) is 7.44. The number of aryl methyl sites for hydroxylation is 1. The molecule has 1 aromatic carbocycles. The van der Waals surface area contributed by atoms with Crippen LogP contribution in [-0.4, -0.2) is 67.4 Å². The predicted octanol–water partition coefficient (Wildman–Crippen LogP) is 1.63. The van der Waals surface area contributed by atoms with Crippen LogP contribution < -0.4 is 4.74 Å². The summed E-state index contributed by atoms with van der Waals surface area (Å²) in [5.41, 5.74) is 1.34. The Labute approximate surface area is 128 Å². The SMILES string of the molecule is CCCc1ccc(OCC(O)CN2CCN(C)CC2)cc1. The molecule has 4 heteroatoms. The molecule has 21 heavy (non-hydrogen) atoms. The number of aliphatic hydroxyl groups excluding tert-OH is 1. The van der Waals surface area contributed by atoms with Crippen LogP contribution in [0.3, 0.4) is 0 Å². The molecule has 0 amide bonds.